The largest absolute Gasteiger partial charge is 0.368 e. The smallest absolute Gasteiger partial charge is 0.237 e. The van der Waals surface area contributed by atoms with Gasteiger partial charge in [-0.05, 0) is 12.8 Å². The van der Waals surface area contributed by atoms with E-state index in [4.69, 9.17) is 17.3 Å². The minimum Gasteiger partial charge on any atom is -0.368 e. The van der Waals surface area contributed by atoms with Gasteiger partial charge in [0.2, 0.25) is 5.91 Å². The number of primary amides is 1. The molecule has 0 spiro atoms. The minimum atomic E-state index is -0.376. The summed E-state index contributed by atoms with van der Waals surface area (Å²) in [6.07, 6.45) is 7.52. The average molecular weight is 255 g/mol. The van der Waals surface area contributed by atoms with Crippen LogP contribution in [0.25, 0.3) is 0 Å². The maximum absolute atomic E-state index is 11.1. The van der Waals surface area contributed by atoms with Gasteiger partial charge in [0.1, 0.15) is 0 Å². The van der Waals surface area contributed by atoms with E-state index in [1.807, 2.05) is 4.90 Å². The molecule has 1 saturated carbocycles. The zero-order valence-corrected chi connectivity index (χ0v) is 10.2. The zero-order valence-electron chi connectivity index (χ0n) is 9.47. The van der Waals surface area contributed by atoms with Crippen LogP contribution in [0.5, 0.6) is 0 Å². The second-order valence-electron chi connectivity index (χ2n) is 4.20. The van der Waals surface area contributed by atoms with Gasteiger partial charge >= 0.3 is 0 Å². The Morgan fingerprint density at radius 2 is 2.06 bits per heavy atom. The minimum absolute atomic E-state index is 0.142. The van der Waals surface area contributed by atoms with E-state index in [9.17, 15) is 4.79 Å². The molecule has 1 aliphatic carbocycles. The Labute approximate surface area is 105 Å². The maximum atomic E-state index is 11.1. The van der Waals surface area contributed by atoms with Gasteiger partial charge in [-0.15, -0.1) is 0 Å². The first-order valence-electron chi connectivity index (χ1n) is 5.70. The van der Waals surface area contributed by atoms with Crippen LogP contribution >= 0.6 is 11.6 Å². The second kappa shape index (κ2) is 5.31. The van der Waals surface area contributed by atoms with E-state index in [0.29, 0.717) is 11.0 Å². The second-order valence-corrected chi connectivity index (χ2v) is 4.56. The van der Waals surface area contributed by atoms with Crippen LogP contribution in [0, 0.1) is 0 Å². The molecule has 1 aromatic heterocycles. The molecule has 0 atom stereocenters. The molecule has 2 rings (SSSR count). The average Bonchev–Trinajstić information content (AvgIpc) is 2.80. The Morgan fingerprint density at radius 1 is 1.41 bits per heavy atom. The van der Waals surface area contributed by atoms with Crippen molar-refractivity contribution in [1.82, 2.24) is 9.97 Å². The molecule has 0 saturated heterocycles. The SMILES string of the molecule is NC(=O)CN(c1nccnc1Cl)C1CCCC1. The van der Waals surface area contributed by atoms with Crippen LogP contribution in [0.15, 0.2) is 12.4 Å². The summed E-state index contributed by atoms with van der Waals surface area (Å²) in [6.45, 7) is 0.142. The Bertz CT molecular complexity index is 406. The lowest BCUT2D eigenvalue weighted by molar-refractivity contribution is -0.116. The van der Waals surface area contributed by atoms with Crippen LogP contribution in [0.2, 0.25) is 5.15 Å². The molecule has 1 amide bonds. The van der Waals surface area contributed by atoms with Gasteiger partial charge in [-0.1, -0.05) is 24.4 Å². The van der Waals surface area contributed by atoms with Crippen molar-refractivity contribution < 1.29 is 4.79 Å². The molecule has 92 valence electrons. The van der Waals surface area contributed by atoms with Crippen molar-refractivity contribution in [3.8, 4) is 0 Å². The van der Waals surface area contributed by atoms with Crippen molar-refractivity contribution in [3.05, 3.63) is 17.5 Å². The van der Waals surface area contributed by atoms with Crippen molar-refractivity contribution >= 4 is 23.3 Å². The number of nitrogens with two attached hydrogens (primary N) is 1. The quantitative estimate of drug-likeness (QED) is 0.881. The van der Waals surface area contributed by atoms with Crippen molar-refractivity contribution in [2.24, 2.45) is 5.73 Å². The number of aromatic nitrogens is 2. The van der Waals surface area contributed by atoms with Crippen LogP contribution in [-0.4, -0.2) is 28.5 Å². The number of nitrogens with zero attached hydrogens (tertiary/aromatic N) is 3. The van der Waals surface area contributed by atoms with E-state index in [2.05, 4.69) is 9.97 Å². The molecule has 17 heavy (non-hydrogen) atoms. The number of hydrogen-bond acceptors (Lipinski definition) is 4. The summed E-state index contributed by atoms with van der Waals surface area (Å²) in [6, 6.07) is 0.289. The number of carbonyl (C=O) groups is 1. The molecule has 0 radical (unpaired) electrons. The highest BCUT2D eigenvalue weighted by Gasteiger charge is 2.26. The summed E-state index contributed by atoms with van der Waals surface area (Å²) >= 11 is 6.01. The summed E-state index contributed by atoms with van der Waals surface area (Å²) in [5.41, 5.74) is 5.28. The lowest BCUT2D eigenvalue weighted by Gasteiger charge is -2.28. The molecule has 1 aliphatic rings. The third-order valence-electron chi connectivity index (χ3n) is 3.00. The van der Waals surface area contributed by atoms with Crippen LogP contribution in [0.3, 0.4) is 0 Å². The van der Waals surface area contributed by atoms with Crippen molar-refractivity contribution in [2.45, 2.75) is 31.7 Å². The first-order valence-corrected chi connectivity index (χ1v) is 6.07. The number of amides is 1. The van der Waals surface area contributed by atoms with E-state index in [-0.39, 0.29) is 18.5 Å². The van der Waals surface area contributed by atoms with Gasteiger partial charge < -0.3 is 10.6 Å². The van der Waals surface area contributed by atoms with Crippen molar-refractivity contribution in [3.63, 3.8) is 0 Å². The first kappa shape index (κ1) is 12.1. The molecule has 0 aliphatic heterocycles. The van der Waals surface area contributed by atoms with Crippen molar-refractivity contribution in [1.29, 1.82) is 0 Å². The highest BCUT2D eigenvalue weighted by Crippen LogP contribution is 2.29. The van der Waals surface area contributed by atoms with Crippen LogP contribution in [0.4, 0.5) is 5.82 Å². The Balaban J connectivity index is 2.25. The highest BCUT2D eigenvalue weighted by atomic mass is 35.5. The zero-order chi connectivity index (χ0) is 12.3. The molecular weight excluding hydrogens is 240 g/mol. The number of hydrogen-bond donors (Lipinski definition) is 1. The number of anilines is 1. The summed E-state index contributed by atoms with van der Waals surface area (Å²) in [4.78, 5) is 21.2. The van der Waals surface area contributed by atoms with Gasteiger partial charge in [-0.25, -0.2) is 9.97 Å². The van der Waals surface area contributed by atoms with E-state index in [1.165, 1.54) is 6.20 Å². The summed E-state index contributed by atoms with van der Waals surface area (Å²) in [5.74, 6) is 0.179. The standard InChI is InChI=1S/C11H15ClN4O/c12-10-11(15-6-5-14-10)16(7-9(13)17)8-3-1-2-4-8/h5-6,8H,1-4,7H2,(H2,13,17). The Kier molecular flexibility index (Phi) is 3.78. The Morgan fingerprint density at radius 3 is 2.65 bits per heavy atom. The monoisotopic (exact) mass is 254 g/mol. The molecule has 0 unspecified atom stereocenters. The molecular formula is C11H15ClN4O. The van der Waals surface area contributed by atoms with Crippen LogP contribution in [-0.2, 0) is 4.79 Å². The van der Waals surface area contributed by atoms with Gasteiger partial charge in [0.05, 0.1) is 6.54 Å². The Hall–Kier alpha value is -1.36. The third kappa shape index (κ3) is 2.85. The molecule has 2 N–H and O–H groups in total. The number of rotatable bonds is 4. The maximum Gasteiger partial charge on any atom is 0.237 e. The normalized spacial score (nSPS) is 16.1. The predicted molar refractivity (Wildman–Crippen MR) is 65.8 cm³/mol. The van der Waals surface area contributed by atoms with E-state index < -0.39 is 0 Å². The van der Waals surface area contributed by atoms with Gasteiger partial charge in [0.25, 0.3) is 0 Å². The topological polar surface area (TPSA) is 72.1 Å². The predicted octanol–water partition coefficient (Wildman–Crippen LogP) is 1.36. The molecule has 1 fully saturated rings. The molecule has 1 aromatic rings. The molecule has 5 nitrogen and oxygen atoms in total. The van der Waals surface area contributed by atoms with Gasteiger partial charge in [-0.2, -0.15) is 0 Å². The molecule has 1 heterocycles. The molecule has 0 aromatic carbocycles. The third-order valence-corrected chi connectivity index (χ3v) is 3.27. The fourth-order valence-corrected chi connectivity index (χ4v) is 2.48. The first-order chi connectivity index (χ1) is 8.18. The number of carbonyl (C=O) groups excluding carboxylic acids is 1. The van der Waals surface area contributed by atoms with Gasteiger partial charge in [0, 0.05) is 18.4 Å². The van der Waals surface area contributed by atoms with Crippen molar-refractivity contribution in [2.75, 3.05) is 11.4 Å². The number of halogens is 1. The fourth-order valence-electron chi connectivity index (χ4n) is 2.27. The summed E-state index contributed by atoms with van der Waals surface area (Å²) in [7, 11) is 0. The van der Waals surface area contributed by atoms with E-state index in [0.717, 1.165) is 25.7 Å². The summed E-state index contributed by atoms with van der Waals surface area (Å²) < 4.78 is 0. The lowest BCUT2D eigenvalue weighted by Crippen LogP contribution is -2.41. The van der Waals surface area contributed by atoms with Crippen LogP contribution < -0.4 is 10.6 Å². The van der Waals surface area contributed by atoms with Gasteiger partial charge in [-0.3, -0.25) is 4.79 Å². The summed E-state index contributed by atoms with van der Waals surface area (Å²) in [5, 5.41) is 0.320. The van der Waals surface area contributed by atoms with E-state index >= 15 is 0 Å². The fraction of sp³-hybridized carbons (Fsp3) is 0.545. The molecule has 0 bridgehead atoms. The van der Waals surface area contributed by atoms with E-state index in [1.54, 1.807) is 6.20 Å². The van der Waals surface area contributed by atoms with Gasteiger partial charge in [0.15, 0.2) is 11.0 Å². The molecule has 6 heteroatoms. The highest BCUT2D eigenvalue weighted by molar-refractivity contribution is 6.31. The van der Waals surface area contributed by atoms with Crippen LogP contribution in [0.1, 0.15) is 25.7 Å². The lowest BCUT2D eigenvalue weighted by atomic mass is 10.2.